The van der Waals surface area contributed by atoms with Gasteiger partial charge in [-0.3, -0.25) is 14.6 Å². The molecule has 264 valence electrons. The first-order valence-corrected chi connectivity index (χ1v) is 19.8. The van der Waals surface area contributed by atoms with Gasteiger partial charge in [-0.05, 0) is 137 Å². The third-order valence-corrected chi connectivity index (χ3v) is 14.2. The Bertz CT molecular complexity index is 1700. The Labute approximate surface area is 297 Å². The first kappa shape index (κ1) is 32.4. The van der Waals surface area contributed by atoms with Crippen molar-refractivity contribution < 1.29 is 9.59 Å². The van der Waals surface area contributed by atoms with E-state index in [1.54, 1.807) is 6.21 Å². The average molecular weight is 675 g/mol. The van der Waals surface area contributed by atoms with Crippen LogP contribution in [0.15, 0.2) is 64.9 Å². The molecule has 0 radical (unpaired) electrons. The predicted molar refractivity (Wildman–Crippen MR) is 196 cm³/mol. The van der Waals surface area contributed by atoms with E-state index in [2.05, 4.69) is 74.4 Å². The van der Waals surface area contributed by atoms with Crippen LogP contribution in [0.5, 0.6) is 0 Å². The second-order valence-corrected chi connectivity index (χ2v) is 16.8. The summed E-state index contributed by atoms with van der Waals surface area (Å²) in [6.45, 7) is 0.530. The van der Waals surface area contributed by atoms with Gasteiger partial charge < -0.3 is 26.6 Å². The first-order chi connectivity index (χ1) is 24.4. The molecule has 2 aromatic carbocycles. The Hall–Kier alpha value is -3.49. The molecule has 5 N–H and O–H groups in total. The van der Waals surface area contributed by atoms with Gasteiger partial charge in [-0.25, -0.2) is 0 Å². The van der Waals surface area contributed by atoms with Crippen LogP contribution in [0.4, 0.5) is 0 Å². The van der Waals surface area contributed by atoms with Crippen LogP contribution in [-0.2, 0) is 20.7 Å². The smallest absolute Gasteiger partial charge is 0.272 e. The number of fused-ring (bicyclic) bond motifs is 10. The molecule has 9 rings (SSSR count). The van der Waals surface area contributed by atoms with E-state index < -0.39 is 5.91 Å². The molecule has 2 saturated carbocycles. The molecule has 4 bridgehead atoms. The number of primary amides is 1. The molecule has 2 aromatic rings. The van der Waals surface area contributed by atoms with E-state index in [4.69, 9.17) is 5.73 Å². The summed E-state index contributed by atoms with van der Waals surface area (Å²) in [5.41, 5.74) is 12.9. The average Bonchev–Trinajstić information content (AvgIpc) is 3.93. The molecular formula is C42H54N6O2. The lowest BCUT2D eigenvalue weighted by atomic mass is 9.75. The predicted octanol–water partition coefficient (Wildman–Crippen LogP) is 6.53. The third kappa shape index (κ3) is 5.61. The van der Waals surface area contributed by atoms with E-state index >= 15 is 0 Å². The molecule has 2 saturated heterocycles. The van der Waals surface area contributed by atoms with Crippen LogP contribution in [0.25, 0.3) is 0 Å². The zero-order valence-electron chi connectivity index (χ0n) is 29.5. The number of nitrogens with one attached hydrogen (secondary N) is 3. The Morgan fingerprint density at radius 1 is 0.760 bits per heavy atom. The van der Waals surface area contributed by atoms with Gasteiger partial charge in [0.25, 0.3) is 11.8 Å². The number of rotatable bonds is 10. The van der Waals surface area contributed by atoms with Gasteiger partial charge in [0.15, 0.2) is 5.70 Å². The van der Waals surface area contributed by atoms with Crippen LogP contribution < -0.4 is 21.7 Å². The standard InChI is InChI=1S/C42H54N6O2/c43-39(49)38-37(40(50)45-29-13-9-27(10-14-29)17-21-41-23-19-35(46-41)31-5-1-3-7-33(31)41)44-25-26-48(38)30-15-11-28(12-16-30)18-22-42-24-20-36(47-42)32-6-2-4-8-34(32)42/h1-8,25,27-30,35-36,46-47H,9-24,26H2,(H2,43,49)(H,45,50)/t27?,28?,29?,30?,35-,36-,41+,42+/m0/s1. The number of nitrogens with zero attached hydrogens (tertiary/aromatic N) is 2. The fourth-order valence-electron chi connectivity index (χ4n) is 11.5. The molecule has 50 heavy (non-hydrogen) atoms. The quantitative estimate of drug-likeness (QED) is 0.229. The van der Waals surface area contributed by atoms with Crippen LogP contribution in [-0.4, -0.2) is 41.6 Å². The number of carbonyl (C=O) groups is 2. The lowest BCUT2D eigenvalue weighted by Crippen LogP contribution is -2.47. The van der Waals surface area contributed by atoms with Gasteiger partial charge in [0.1, 0.15) is 5.70 Å². The minimum absolute atomic E-state index is 0.108. The molecule has 5 aliphatic heterocycles. The normalized spacial score (nSPS) is 35.3. The van der Waals surface area contributed by atoms with Crippen LogP contribution in [0.2, 0.25) is 0 Å². The second kappa shape index (κ2) is 12.9. The summed E-state index contributed by atoms with van der Waals surface area (Å²) in [5.74, 6) is 0.573. The zero-order valence-corrected chi connectivity index (χ0v) is 29.5. The zero-order chi connectivity index (χ0) is 33.9. The minimum atomic E-state index is -0.547. The monoisotopic (exact) mass is 674 g/mol. The summed E-state index contributed by atoms with van der Waals surface area (Å²) >= 11 is 0. The topological polar surface area (TPSA) is 112 Å². The number of benzene rings is 2. The third-order valence-electron chi connectivity index (χ3n) is 14.2. The number of carbonyl (C=O) groups excluding carboxylic acids is 2. The van der Waals surface area contributed by atoms with Crippen molar-refractivity contribution in [2.24, 2.45) is 22.6 Å². The second-order valence-electron chi connectivity index (χ2n) is 16.8. The van der Waals surface area contributed by atoms with Crippen LogP contribution in [0.1, 0.15) is 137 Å². The van der Waals surface area contributed by atoms with Crippen molar-refractivity contribution in [1.82, 2.24) is 20.9 Å². The van der Waals surface area contributed by atoms with Crippen molar-refractivity contribution in [3.05, 3.63) is 82.2 Å². The SMILES string of the molecule is NC(=O)C1=C(C(=O)NC2CCC(CC[C@]34CC[C@H](N3)c3ccccc34)CC2)N=CCN1C1CCC(CC[C@]23CC[C@H](N2)c2ccccc23)CC1. The molecule has 5 heterocycles. The molecule has 8 nitrogen and oxygen atoms in total. The lowest BCUT2D eigenvalue weighted by molar-refractivity contribution is -0.120. The number of aliphatic imine (C=N–C) groups is 1. The van der Waals surface area contributed by atoms with E-state index in [1.165, 1.54) is 73.6 Å². The molecule has 8 heteroatoms. The van der Waals surface area contributed by atoms with Crippen molar-refractivity contribution in [3.63, 3.8) is 0 Å². The van der Waals surface area contributed by atoms with E-state index in [0.29, 0.717) is 36.2 Å². The van der Waals surface area contributed by atoms with Gasteiger partial charge in [0.2, 0.25) is 0 Å². The number of hydrogen-bond donors (Lipinski definition) is 4. The fourth-order valence-corrected chi connectivity index (χ4v) is 11.5. The van der Waals surface area contributed by atoms with E-state index in [-0.39, 0.29) is 34.8 Å². The van der Waals surface area contributed by atoms with Gasteiger partial charge in [-0.15, -0.1) is 0 Å². The van der Waals surface area contributed by atoms with E-state index in [9.17, 15) is 9.59 Å². The van der Waals surface area contributed by atoms with Gasteiger partial charge in [-0.1, -0.05) is 48.5 Å². The summed E-state index contributed by atoms with van der Waals surface area (Å²) < 4.78 is 0. The number of amides is 2. The number of nitrogens with two attached hydrogens (primary N) is 1. The highest BCUT2D eigenvalue weighted by molar-refractivity contribution is 6.05. The maximum atomic E-state index is 13.7. The van der Waals surface area contributed by atoms with Crippen molar-refractivity contribution in [2.75, 3.05) is 6.54 Å². The lowest BCUT2D eigenvalue weighted by Gasteiger charge is -2.40. The summed E-state index contributed by atoms with van der Waals surface area (Å²) in [6, 6.07) is 19.4. The highest BCUT2D eigenvalue weighted by Crippen LogP contribution is 2.53. The van der Waals surface area contributed by atoms with Crippen molar-refractivity contribution in [3.8, 4) is 0 Å². The van der Waals surface area contributed by atoms with Crippen molar-refractivity contribution >= 4 is 18.0 Å². The summed E-state index contributed by atoms with van der Waals surface area (Å²) in [4.78, 5) is 33.2. The number of hydrogen-bond acceptors (Lipinski definition) is 6. The molecule has 0 spiro atoms. The fraction of sp³-hybridized carbons (Fsp3) is 0.595. The Morgan fingerprint density at radius 3 is 1.86 bits per heavy atom. The molecule has 4 fully saturated rings. The molecule has 7 aliphatic rings. The molecule has 0 aromatic heterocycles. The maximum absolute atomic E-state index is 13.7. The summed E-state index contributed by atoms with van der Waals surface area (Å²) in [6.07, 6.45) is 20.1. The molecule has 0 unspecified atom stereocenters. The molecule has 2 aliphatic carbocycles. The van der Waals surface area contributed by atoms with Crippen molar-refractivity contribution in [1.29, 1.82) is 0 Å². The minimum Gasteiger partial charge on any atom is -0.364 e. The van der Waals surface area contributed by atoms with Crippen LogP contribution in [0, 0.1) is 11.8 Å². The summed E-state index contributed by atoms with van der Waals surface area (Å²) in [7, 11) is 0. The van der Waals surface area contributed by atoms with Gasteiger partial charge >= 0.3 is 0 Å². The largest absolute Gasteiger partial charge is 0.364 e. The van der Waals surface area contributed by atoms with Crippen LogP contribution >= 0.6 is 0 Å². The van der Waals surface area contributed by atoms with Gasteiger partial charge in [0, 0.05) is 41.5 Å². The molecular weight excluding hydrogens is 621 g/mol. The Kier molecular flexibility index (Phi) is 8.38. The molecule has 4 atom stereocenters. The maximum Gasteiger partial charge on any atom is 0.272 e. The van der Waals surface area contributed by atoms with Crippen LogP contribution in [0.3, 0.4) is 0 Å². The van der Waals surface area contributed by atoms with Gasteiger partial charge in [0.05, 0.1) is 6.54 Å². The van der Waals surface area contributed by atoms with Gasteiger partial charge in [-0.2, -0.15) is 0 Å². The highest BCUT2D eigenvalue weighted by Gasteiger charge is 2.49. The Morgan fingerprint density at radius 2 is 1.30 bits per heavy atom. The molecule has 2 amide bonds. The highest BCUT2D eigenvalue weighted by atomic mass is 16.2. The van der Waals surface area contributed by atoms with E-state index in [0.717, 1.165) is 51.4 Å². The van der Waals surface area contributed by atoms with Crippen molar-refractivity contribution in [2.45, 2.75) is 138 Å². The van der Waals surface area contributed by atoms with E-state index in [1.807, 2.05) is 0 Å². The summed E-state index contributed by atoms with van der Waals surface area (Å²) in [5, 5.41) is 11.2. The Balaban J connectivity index is 0.774. The first-order valence-electron chi connectivity index (χ1n) is 19.8.